The van der Waals surface area contributed by atoms with Gasteiger partial charge in [-0.3, -0.25) is 4.79 Å². The predicted molar refractivity (Wildman–Crippen MR) is 108 cm³/mol. The van der Waals surface area contributed by atoms with Crippen molar-refractivity contribution in [2.45, 2.75) is 11.8 Å². The molecule has 0 unspecified atom stereocenters. The van der Waals surface area contributed by atoms with Crippen LogP contribution in [-0.4, -0.2) is 26.4 Å². The third-order valence-electron chi connectivity index (χ3n) is 3.72. The fourth-order valence-electron chi connectivity index (χ4n) is 2.21. The average Bonchev–Trinajstić information content (AvgIpc) is 3.04. The van der Waals surface area contributed by atoms with Crippen molar-refractivity contribution in [2.24, 2.45) is 7.05 Å². The fourth-order valence-corrected chi connectivity index (χ4v) is 3.29. The lowest BCUT2D eigenvalue weighted by atomic mass is 10.3. The second-order valence-electron chi connectivity index (χ2n) is 5.79. The maximum Gasteiger partial charge on any atom is 0.234 e. The number of amides is 1. The molecule has 29 heavy (non-hydrogen) atoms. The molecule has 0 aliphatic heterocycles. The second kappa shape index (κ2) is 9.43. The summed E-state index contributed by atoms with van der Waals surface area (Å²) in [6, 6.07) is 7.97. The summed E-state index contributed by atoms with van der Waals surface area (Å²) < 4.78 is 33.6. The van der Waals surface area contributed by atoms with Crippen molar-refractivity contribution in [2.75, 3.05) is 11.1 Å². The van der Waals surface area contributed by atoms with Gasteiger partial charge in [0, 0.05) is 18.8 Å². The molecule has 0 fully saturated rings. The lowest BCUT2D eigenvalue weighted by Gasteiger charge is -2.08. The molecular weight excluding hydrogens is 445 g/mol. The molecule has 1 heterocycles. The molecule has 0 saturated carbocycles. The van der Waals surface area contributed by atoms with Crippen LogP contribution in [0.4, 0.5) is 14.5 Å². The first-order valence-electron chi connectivity index (χ1n) is 8.17. The van der Waals surface area contributed by atoms with Crippen molar-refractivity contribution in [3.05, 3.63) is 63.9 Å². The monoisotopic (exact) mass is 458 g/mol. The summed E-state index contributed by atoms with van der Waals surface area (Å²) in [5.74, 6) is -0.424. The highest BCUT2D eigenvalue weighted by Gasteiger charge is 2.13. The van der Waals surface area contributed by atoms with Crippen molar-refractivity contribution in [1.29, 1.82) is 0 Å². The molecule has 2 aromatic carbocycles. The normalized spacial score (nSPS) is 10.8. The molecule has 6 nitrogen and oxygen atoms in total. The molecule has 1 amide bonds. The Hall–Kier alpha value is -2.36. The highest BCUT2D eigenvalue weighted by atomic mass is 35.5. The maximum atomic E-state index is 13.2. The number of carbonyl (C=O) groups is 1. The van der Waals surface area contributed by atoms with E-state index in [0.717, 1.165) is 0 Å². The summed E-state index contributed by atoms with van der Waals surface area (Å²) in [5.41, 5.74) is 0.395. The Labute approximate surface area is 179 Å². The number of aromatic nitrogens is 3. The van der Waals surface area contributed by atoms with Crippen molar-refractivity contribution in [3.63, 3.8) is 0 Å². The van der Waals surface area contributed by atoms with Gasteiger partial charge in [-0.25, -0.2) is 8.78 Å². The van der Waals surface area contributed by atoms with E-state index >= 15 is 0 Å². The maximum absolute atomic E-state index is 13.2. The predicted octanol–water partition coefficient (Wildman–Crippen LogP) is 4.71. The molecule has 3 rings (SSSR count). The smallest absolute Gasteiger partial charge is 0.234 e. The molecule has 0 atom stereocenters. The topological polar surface area (TPSA) is 69.0 Å². The minimum Gasteiger partial charge on any atom is -0.486 e. The van der Waals surface area contributed by atoms with E-state index in [0.29, 0.717) is 22.4 Å². The van der Waals surface area contributed by atoms with Gasteiger partial charge < -0.3 is 14.6 Å². The summed E-state index contributed by atoms with van der Waals surface area (Å²) in [4.78, 5) is 12.1. The van der Waals surface area contributed by atoms with Crippen LogP contribution in [0.5, 0.6) is 5.75 Å². The molecule has 11 heteroatoms. The lowest BCUT2D eigenvalue weighted by Crippen LogP contribution is -2.14. The molecule has 1 aromatic heterocycles. The van der Waals surface area contributed by atoms with E-state index in [9.17, 15) is 13.6 Å². The van der Waals surface area contributed by atoms with Crippen LogP contribution in [0, 0.1) is 11.6 Å². The minimum absolute atomic E-state index is 0.0369. The number of rotatable bonds is 7. The third-order valence-corrected chi connectivity index (χ3v) is 5.32. The third kappa shape index (κ3) is 5.59. The molecule has 0 aliphatic carbocycles. The van der Waals surface area contributed by atoms with Crippen LogP contribution in [0.15, 0.2) is 41.6 Å². The standard InChI is InChI=1S/C18H14Cl2F2N4O2S/c1-26-16(8-28-11-3-5-15(22)13(20)7-11)24-25-18(26)29-9-17(27)23-10-2-4-14(21)12(19)6-10/h2-7H,8-9H2,1H3,(H,23,27). The first kappa shape index (κ1) is 21.4. The van der Waals surface area contributed by atoms with Crippen molar-refractivity contribution >= 4 is 46.6 Å². The van der Waals surface area contributed by atoms with Gasteiger partial charge in [0.05, 0.1) is 15.8 Å². The van der Waals surface area contributed by atoms with Gasteiger partial charge in [-0.15, -0.1) is 10.2 Å². The molecule has 0 spiro atoms. The van der Waals surface area contributed by atoms with Crippen LogP contribution in [0.2, 0.25) is 10.0 Å². The van der Waals surface area contributed by atoms with Crippen molar-refractivity contribution in [3.8, 4) is 5.75 Å². The number of hydrogen-bond acceptors (Lipinski definition) is 5. The fraction of sp³-hybridized carbons (Fsp3) is 0.167. The molecule has 1 N–H and O–H groups in total. The summed E-state index contributed by atoms with van der Waals surface area (Å²) in [6.07, 6.45) is 0. The van der Waals surface area contributed by atoms with E-state index in [1.807, 2.05) is 0 Å². The van der Waals surface area contributed by atoms with E-state index < -0.39 is 11.6 Å². The number of benzene rings is 2. The zero-order valence-electron chi connectivity index (χ0n) is 15.0. The van der Waals surface area contributed by atoms with Crippen LogP contribution in [-0.2, 0) is 18.4 Å². The molecule has 0 bridgehead atoms. The summed E-state index contributed by atoms with van der Waals surface area (Å²) in [6.45, 7) is 0.0896. The zero-order chi connectivity index (χ0) is 21.0. The van der Waals surface area contributed by atoms with Gasteiger partial charge >= 0.3 is 0 Å². The Kier molecular flexibility index (Phi) is 6.94. The Bertz CT molecular complexity index is 1050. The Morgan fingerprint density at radius 3 is 2.52 bits per heavy atom. The van der Waals surface area contributed by atoms with E-state index in [-0.39, 0.29) is 28.3 Å². The van der Waals surface area contributed by atoms with Crippen LogP contribution in [0.1, 0.15) is 5.82 Å². The SMILES string of the molecule is Cn1c(COc2ccc(F)c(Cl)c2)nnc1SCC(=O)Nc1ccc(F)c(Cl)c1. The van der Waals surface area contributed by atoms with Crippen LogP contribution in [0.3, 0.4) is 0 Å². The zero-order valence-corrected chi connectivity index (χ0v) is 17.3. The Morgan fingerprint density at radius 2 is 1.83 bits per heavy atom. The van der Waals surface area contributed by atoms with Gasteiger partial charge in [-0.1, -0.05) is 35.0 Å². The summed E-state index contributed by atoms with van der Waals surface area (Å²) in [5, 5.41) is 11.1. The van der Waals surface area contributed by atoms with Crippen LogP contribution < -0.4 is 10.1 Å². The van der Waals surface area contributed by atoms with E-state index in [4.69, 9.17) is 27.9 Å². The minimum atomic E-state index is -0.559. The first-order valence-corrected chi connectivity index (χ1v) is 9.91. The number of nitrogens with one attached hydrogen (secondary N) is 1. The quantitative estimate of drug-likeness (QED) is 0.519. The number of anilines is 1. The lowest BCUT2D eigenvalue weighted by molar-refractivity contribution is -0.113. The molecular formula is C18H14Cl2F2N4O2S. The number of carbonyl (C=O) groups excluding carboxylic acids is 1. The number of thioether (sulfide) groups is 1. The van der Waals surface area contributed by atoms with Gasteiger partial charge in [0.15, 0.2) is 11.0 Å². The number of hydrogen-bond donors (Lipinski definition) is 1. The van der Waals surface area contributed by atoms with E-state index in [2.05, 4.69) is 15.5 Å². The number of halogens is 4. The molecule has 0 aliphatic rings. The van der Waals surface area contributed by atoms with Gasteiger partial charge in [0.25, 0.3) is 0 Å². The molecule has 0 radical (unpaired) electrons. The van der Waals surface area contributed by atoms with Crippen molar-refractivity contribution in [1.82, 2.24) is 14.8 Å². The number of ether oxygens (including phenoxy) is 1. The molecule has 3 aromatic rings. The van der Waals surface area contributed by atoms with Gasteiger partial charge in [-0.2, -0.15) is 0 Å². The van der Waals surface area contributed by atoms with E-state index in [1.54, 1.807) is 11.6 Å². The van der Waals surface area contributed by atoms with E-state index in [1.165, 1.54) is 48.2 Å². The Morgan fingerprint density at radius 1 is 1.14 bits per heavy atom. The highest BCUT2D eigenvalue weighted by molar-refractivity contribution is 7.99. The molecule has 152 valence electrons. The summed E-state index contributed by atoms with van der Waals surface area (Å²) >= 11 is 12.6. The van der Waals surface area contributed by atoms with Crippen LogP contribution >= 0.6 is 35.0 Å². The largest absolute Gasteiger partial charge is 0.486 e. The first-order chi connectivity index (χ1) is 13.8. The van der Waals surface area contributed by atoms with Gasteiger partial charge in [-0.05, 0) is 30.3 Å². The second-order valence-corrected chi connectivity index (χ2v) is 7.55. The average molecular weight is 459 g/mol. The van der Waals surface area contributed by atoms with Crippen LogP contribution in [0.25, 0.3) is 0 Å². The van der Waals surface area contributed by atoms with Gasteiger partial charge in [0.2, 0.25) is 5.91 Å². The highest BCUT2D eigenvalue weighted by Crippen LogP contribution is 2.23. The van der Waals surface area contributed by atoms with Crippen molar-refractivity contribution < 1.29 is 18.3 Å². The molecule has 0 saturated heterocycles. The van der Waals surface area contributed by atoms with Gasteiger partial charge in [0.1, 0.15) is 24.0 Å². The Balaban J connectivity index is 1.54. The number of nitrogens with zero attached hydrogens (tertiary/aromatic N) is 3. The summed E-state index contributed by atoms with van der Waals surface area (Å²) in [7, 11) is 1.73.